The third-order valence-corrected chi connectivity index (χ3v) is 4.47. The highest BCUT2D eigenvalue weighted by Crippen LogP contribution is 2.23. The van der Waals surface area contributed by atoms with Gasteiger partial charge < -0.3 is 14.3 Å². The second-order valence-electron chi connectivity index (χ2n) is 6.12. The zero-order valence-electron chi connectivity index (χ0n) is 14.3. The Morgan fingerprint density at radius 2 is 1.77 bits per heavy atom. The van der Waals surface area contributed by atoms with Gasteiger partial charge in [-0.3, -0.25) is 4.79 Å². The fourth-order valence-corrected chi connectivity index (χ4v) is 3.14. The molecule has 1 saturated heterocycles. The van der Waals surface area contributed by atoms with E-state index in [-0.39, 0.29) is 5.91 Å². The molecule has 4 rings (SSSR count). The van der Waals surface area contributed by atoms with Crippen LogP contribution in [0.5, 0.6) is 0 Å². The van der Waals surface area contributed by atoms with Crippen LogP contribution in [0.1, 0.15) is 16.8 Å². The minimum absolute atomic E-state index is 0.0547. The van der Waals surface area contributed by atoms with Crippen molar-refractivity contribution in [1.29, 1.82) is 0 Å². The summed E-state index contributed by atoms with van der Waals surface area (Å²) in [6.07, 6.45) is 5.77. The van der Waals surface area contributed by atoms with Gasteiger partial charge in [0.2, 0.25) is 5.95 Å². The molecular weight excluding hydrogens is 330 g/mol. The van der Waals surface area contributed by atoms with Crippen LogP contribution in [0.15, 0.2) is 59.6 Å². The molecule has 0 bridgehead atoms. The van der Waals surface area contributed by atoms with Crippen molar-refractivity contribution < 1.29 is 9.32 Å². The highest BCUT2D eigenvalue weighted by Gasteiger charge is 2.25. The molecule has 132 valence electrons. The highest BCUT2D eigenvalue weighted by molar-refractivity contribution is 5.99. The monoisotopic (exact) mass is 349 g/mol. The van der Waals surface area contributed by atoms with Gasteiger partial charge in [0.1, 0.15) is 17.5 Å². The van der Waals surface area contributed by atoms with Crippen molar-refractivity contribution in [2.24, 2.45) is 0 Å². The quantitative estimate of drug-likeness (QED) is 0.723. The maximum atomic E-state index is 13.0. The summed E-state index contributed by atoms with van der Waals surface area (Å²) >= 11 is 0. The Kier molecular flexibility index (Phi) is 4.59. The van der Waals surface area contributed by atoms with Crippen molar-refractivity contribution in [1.82, 2.24) is 20.0 Å². The number of nitrogens with zero attached hydrogens (tertiary/aromatic N) is 5. The molecule has 0 unspecified atom stereocenters. The number of anilines is 1. The molecule has 0 radical (unpaired) electrons. The summed E-state index contributed by atoms with van der Waals surface area (Å²) in [6, 6.07) is 11.4. The van der Waals surface area contributed by atoms with Crippen molar-refractivity contribution in [3.05, 3.63) is 60.6 Å². The number of benzene rings is 1. The normalized spacial score (nSPS) is 14.9. The van der Waals surface area contributed by atoms with Gasteiger partial charge in [0.25, 0.3) is 5.91 Å². The predicted octanol–water partition coefficient (Wildman–Crippen LogP) is 2.48. The second kappa shape index (κ2) is 7.35. The number of carbonyl (C=O) groups excluding carboxylic acids is 1. The molecule has 0 N–H and O–H groups in total. The van der Waals surface area contributed by atoms with Crippen LogP contribution in [0, 0.1) is 0 Å². The minimum Gasteiger partial charge on any atom is -0.363 e. The number of carbonyl (C=O) groups is 1. The molecule has 3 aromatic rings. The Morgan fingerprint density at radius 1 is 0.962 bits per heavy atom. The molecule has 0 aliphatic carbocycles. The maximum Gasteiger partial charge on any atom is 0.259 e. The summed E-state index contributed by atoms with van der Waals surface area (Å²) in [5.41, 5.74) is 1.96. The topological polar surface area (TPSA) is 75.4 Å². The maximum absolute atomic E-state index is 13.0. The van der Waals surface area contributed by atoms with E-state index in [0.717, 1.165) is 18.5 Å². The predicted molar refractivity (Wildman–Crippen MR) is 96.7 cm³/mol. The summed E-state index contributed by atoms with van der Waals surface area (Å²) in [5, 5.41) is 4.04. The molecule has 7 nitrogen and oxygen atoms in total. The fourth-order valence-electron chi connectivity index (χ4n) is 3.14. The largest absolute Gasteiger partial charge is 0.363 e. The Labute approximate surface area is 151 Å². The smallest absolute Gasteiger partial charge is 0.259 e. The number of hydrogen-bond donors (Lipinski definition) is 0. The van der Waals surface area contributed by atoms with Gasteiger partial charge in [0.05, 0.1) is 0 Å². The lowest BCUT2D eigenvalue weighted by Crippen LogP contribution is -2.35. The van der Waals surface area contributed by atoms with Crippen LogP contribution in [-0.4, -0.2) is 52.1 Å². The van der Waals surface area contributed by atoms with Crippen LogP contribution in [0.25, 0.3) is 11.3 Å². The van der Waals surface area contributed by atoms with E-state index in [1.165, 1.54) is 6.26 Å². The zero-order valence-corrected chi connectivity index (χ0v) is 14.3. The number of rotatable bonds is 3. The van der Waals surface area contributed by atoms with E-state index in [0.29, 0.717) is 36.8 Å². The Morgan fingerprint density at radius 3 is 2.58 bits per heavy atom. The first-order valence-electron chi connectivity index (χ1n) is 8.64. The molecule has 0 spiro atoms. The van der Waals surface area contributed by atoms with E-state index in [9.17, 15) is 4.79 Å². The van der Waals surface area contributed by atoms with Gasteiger partial charge in [-0.25, -0.2) is 9.97 Å². The molecule has 2 aromatic heterocycles. The van der Waals surface area contributed by atoms with Gasteiger partial charge in [-0.2, -0.15) is 0 Å². The average Bonchev–Trinajstić information content (AvgIpc) is 3.06. The Balaban J connectivity index is 1.51. The van der Waals surface area contributed by atoms with Gasteiger partial charge in [0.15, 0.2) is 0 Å². The van der Waals surface area contributed by atoms with Crippen LogP contribution < -0.4 is 4.90 Å². The molecule has 1 aliphatic rings. The molecule has 1 aliphatic heterocycles. The first-order chi connectivity index (χ1) is 12.8. The van der Waals surface area contributed by atoms with E-state index in [2.05, 4.69) is 20.0 Å². The van der Waals surface area contributed by atoms with E-state index in [1.54, 1.807) is 18.5 Å². The molecule has 3 heterocycles. The third kappa shape index (κ3) is 3.28. The lowest BCUT2D eigenvalue weighted by Gasteiger charge is -2.21. The lowest BCUT2D eigenvalue weighted by molar-refractivity contribution is 0.0767. The second-order valence-corrected chi connectivity index (χ2v) is 6.12. The minimum atomic E-state index is -0.0547. The Bertz CT molecular complexity index is 866. The molecule has 1 fully saturated rings. The number of aromatic nitrogens is 3. The van der Waals surface area contributed by atoms with Crippen molar-refractivity contribution in [3.63, 3.8) is 0 Å². The standard InChI is InChI=1S/C19H19N5O2/c25-18(16-14-26-22-17(16)15-6-2-1-3-7-15)23-10-5-11-24(13-12-23)19-20-8-4-9-21-19/h1-4,6-9,14H,5,10-13H2. The summed E-state index contributed by atoms with van der Waals surface area (Å²) in [7, 11) is 0. The van der Waals surface area contributed by atoms with Crippen LogP contribution >= 0.6 is 0 Å². The van der Waals surface area contributed by atoms with Crippen LogP contribution in [0.4, 0.5) is 5.95 Å². The Hall–Kier alpha value is -3.22. The van der Waals surface area contributed by atoms with E-state index < -0.39 is 0 Å². The summed E-state index contributed by atoms with van der Waals surface area (Å²) in [4.78, 5) is 25.6. The van der Waals surface area contributed by atoms with Gasteiger partial charge >= 0.3 is 0 Å². The van der Waals surface area contributed by atoms with Gasteiger partial charge in [-0.15, -0.1) is 0 Å². The summed E-state index contributed by atoms with van der Waals surface area (Å²) < 4.78 is 5.11. The molecule has 0 saturated carbocycles. The van der Waals surface area contributed by atoms with Crippen molar-refractivity contribution in [2.75, 3.05) is 31.1 Å². The van der Waals surface area contributed by atoms with Crippen LogP contribution in [-0.2, 0) is 0 Å². The van der Waals surface area contributed by atoms with Crippen molar-refractivity contribution in [3.8, 4) is 11.3 Å². The fraction of sp³-hybridized carbons (Fsp3) is 0.263. The number of amides is 1. The average molecular weight is 349 g/mol. The number of hydrogen-bond acceptors (Lipinski definition) is 6. The first kappa shape index (κ1) is 16.3. The molecular formula is C19H19N5O2. The molecule has 26 heavy (non-hydrogen) atoms. The van der Waals surface area contributed by atoms with Crippen LogP contribution in [0.2, 0.25) is 0 Å². The summed E-state index contributed by atoms with van der Waals surface area (Å²) in [5.74, 6) is 0.651. The van der Waals surface area contributed by atoms with E-state index in [4.69, 9.17) is 4.52 Å². The van der Waals surface area contributed by atoms with Crippen LogP contribution in [0.3, 0.4) is 0 Å². The molecule has 1 aromatic carbocycles. The molecule has 0 atom stereocenters. The lowest BCUT2D eigenvalue weighted by atomic mass is 10.1. The molecule has 1 amide bonds. The van der Waals surface area contributed by atoms with E-state index in [1.807, 2.05) is 35.2 Å². The van der Waals surface area contributed by atoms with Gasteiger partial charge in [-0.05, 0) is 12.5 Å². The van der Waals surface area contributed by atoms with Crippen molar-refractivity contribution in [2.45, 2.75) is 6.42 Å². The molecule has 7 heteroatoms. The highest BCUT2D eigenvalue weighted by atomic mass is 16.5. The zero-order chi connectivity index (χ0) is 17.8. The SMILES string of the molecule is O=C(c1conc1-c1ccccc1)N1CCCN(c2ncccn2)CC1. The van der Waals surface area contributed by atoms with E-state index >= 15 is 0 Å². The summed E-state index contributed by atoms with van der Waals surface area (Å²) in [6.45, 7) is 2.81. The van der Waals surface area contributed by atoms with Crippen molar-refractivity contribution >= 4 is 11.9 Å². The third-order valence-electron chi connectivity index (χ3n) is 4.47. The first-order valence-corrected chi connectivity index (χ1v) is 8.64. The van der Waals surface area contributed by atoms with Gasteiger partial charge in [-0.1, -0.05) is 35.5 Å². The van der Waals surface area contributed by atoms with Gasteiger partial charge in [0, 0.05) is 44.1 Å².